The van der Waals surface area contributed by atoms with Crippen LogP contribution in [0.1, 0.15) is 12.0 Å². The molecule has 38 heavy (non-hydrogen) atoms. The monoisotopic (exact) mass is 585 g/mol. The number of anilines is 1. The first-order valence-corrected chi connectivity index (χ1v) is 12.6. The van der Waals surface area contributed by atoms with Crippen molar-refractivity contribution in [1.29, 1.82) is 0 Å². The molecule has 15 heteroatoms. The van der Waals surface area contributed by atoms with E-state index in [0.717, 1.165) is 10.8 Å². The molecule has 10 nitrogen and oxygen atoms in total. The fourth-order valence-electron chi connectivity index (χ4n) is 3.47. The minimum absolute atomic E-state index is 0. The van der Waals surface area contributed by atoms with Crippen molar-refractivity contribution in [2.75, 3.05) is 25.6 Å². The zero-order chi connectivity index (χ0) is 26.3. The zero-order valence-corrected chi connectivity index (χ0v) is 26.8. The van der Waals surface area contributed by atoms with Crippen LogP contribution in [0.2, 0.25) is 5.02 Å². The molecule has 3 rings (SSSR count). The van der Waals surface area contributed by atoms with E-state index in [1.807, 2.05) is 24.3 Å². The maximum Gasteiger partial charge on any atom is 1.00 e. The fourth-order valence-corrected chi connectivity index (χ4v) is 4.01. The molecule has 2 aromatic carbocycles. The van der Waals surface area contributed by atoms with Gasteiger partial charge in [0.05, 0.1) is 25.6 Å². The van der Waals surface area contributed by atoms with Crippen LogP contribution in [0.3, 0.4) is 0 Å². The van der Waals surface area contributed by atoms with E-state index in [4.69, 9.17) is 16.3 Å². The molecule has 0 aliphatic heterocycles. The molecule has 3 aromatic rings. The van der Waals surface area contributed by atoms with Crippen molar-refractivity contribution < 1.29 is 97.0 Å². The van der Waals surface area contributed by atoms with Crippen molar-refractivity contribution in [3.05, 3.63) is 71.1 Å². The number of likely N-dealkylation sites (N-methyl/N-ethyl adjacent to an activating group) is 1. The molecule has 0 saturated carbocycles. The van der Waals surface area contributed by atoms with Crippen molar-refractivity contribution in [2.45, 2.75) is 25.1 Å². The van der Waals surface area contributed by atoms with Crippen LogP contribution in [-0.2, 0) is 20.4 Å². The number of carbonyl (C=O) groups is 1. The predicted molar refractivity (Wildman–Crippen MR) is 128 cm³/mol. The van der Waals surface area contributed by atoms with Crippen molar-refractivity contribution >= 4 is 42.1 Å². The summed E-state index contributed by atoms with van der Waals surface area (Å²) in [4.78, 5) is 39.7. The number of aliphatic hydroxyl groups excluding tert-OH is 1. The first-order valence-electron chi connectivity index (χ1n) is 10.8. The molecule has 1 heterocycles. The third kappa shape index (κ3) is 11.5. The SMILES string of the molecule is CN(Cc1cccc(F)c1Cl)[C@H](COC(=O)Nc1cc2ccccc2cn1)C[C@@H](O)COP(=O)([O-])[O-].[Na+].[Na+]. The normalized spacial score (nSPS) is 12.8. The number of nitrogens with zero attached hydrogens (tertiary/aromatic N) is 2. The molecule has 0 aliphatic rings. The summed E-state index contributed by atoms with van der Waals surface area (Å²) in [7, 11) is -3.65. The van der Waals surface area contributed by atoms with Crippen LogP contribution in [0.25, 0.3) is 10.8 Å². The van der Waals surface area contributed by atoms with Gasteiger partial charge in [-0.15, -0.1) is 0 Å². The number of hydrogen-bond donors (Lipinski definition) is 2. The van der Waals surface area contributed by atoms with Crippen molar-refractivity contribution in [3.63, 3.8) is 0 Å². The first-order chi connectivity index (χ1) is 17.0. The number of amides is 1. The molecule has 2 N–H and O–H groups in total. The second-order valence-electron chi connectivity index (χ2n) is 8.05. The van der Waals surface area contributed by atoms with Gasteiger partial charge in [-0.1, -0.05) is 48.0 Å². The molecular formula is C23H24ClFN3Na2O7P. The molecular weight excluding hydrogens is 562 g/mol. The van der Waals surface area contributed by atoms with Gasteiger partial charge in [0.2, 0.25) is 0 Å². The molecule has 1 amide bonds. The molecule has 0 saturated heterocycles. The maximum atomic E-state index is 13.8. The number of rotatable bonds is 11. The third-order valence-electron chi connectivity index (χ3n) is 5.31. The Balaban J connectivity index is 0.00000361. The first kappa shape index (κ1) is 35.4. The van der Waals surface area contributed by atoms with Crippen molar-refractivity contribution in [1.82, 2.24) is 9.88 Å². The second kappa shape index (κ2) is 16.6. The van der Waals surface area contributed by atoms with E-state index in [-0.39, 0.29) is 89.5 Å². The van der Waals surface area contributed by atoms with Crippen LogP contribution >= 0.6 is 19.4 Å². The van der Waals surface area contributed by atoms with Crippen molar-refractivity contribution in [3.8, 4) is 0 Å². The Morgan fingerprint density at radius 1 is 1.18 bits per heavy atom. The second-order valence-corrected chi connectivity index (χ2v) is 9.59. The van der Waals surface area contributed by atoms with Crippen LogP contribution in [0.15, 0.2) is 54.7 Å². The number of benzene rings is 2. The number of carbonyl (C=O) groups excluding carboxylic acids is 1. The number of aliphatic hydroxyl groups is 1. The minimum Gasteiger partial charge on any atom is -0.790 e. The third-order valence-corrected chi connectivity index (χ3v) is 6.20. The Kier molecular flexibility index (Phi) is 15.5. The van der Waals surface area contributed by atoms with Crippen LogP contribution < -0.4 is 74.2 Å². The molecule has 0 radical (unpaired) electrons. The van der Waals surface area contributed by atoms with E-state index in [0.29, 0.717) is 5.56 Å². The van der Waals surface area contributed by atoms with Crippen LogP contribution in [0, 0.1) is 5.82 Å². The summed E-state index contributed by atoms with van der Waals surface area (Å²) < 4.78 is 34.0. The largest absolute Gasteiger partial charge is 1.00 e. The summed E-state index contributed by atoms with van der Waals surface area (Å²) >= 11 is 6.03. The predicted octanol–water partition coefficient (Wildman–Crippen LogP) is -3.32. The van der Waals surface area contributed by atoms with Crippen molar-refractivity contribution in [2.24, 2.45) is 0 Å². The van der Waals surface area contributed by atoms with Gasteiger partial charge in [0.15, 0.2) is 0 Å². The van der Waals surface area contributed by atoms with E-state index in [2.05, 4.69) is 14.8 Å². The fraction of sp³-hybridized carbons (Fsp3) is 0.304. The van der Waals surface area contributed by atoms with Crippen LogP contribution in [0.5, 0.6) is 0 Å². The summed E-state index contributed by atoms with van der Waals surface area (Å²) in [6.45, 7) is -0.886. The average molecular weight is 586 g/mol. The smallest absolute Gasteiger partial charge is 0.790 e. The molecule has 0 spiro atoms. The molecule has 194 valence electrons. The Hall–Kier alpha value is -0.630. The van der Waals surface area contributed by atoms with E-state index >= 15 is 0 Å². The van der Waals surface area contributed by atoms with Gasteiger partial charge >= 0.3 is 65.2 Å². The van der Waals surface area contributed by atoms with Gasteiger partial charge in [-0.2, -0.15) is 0 Å². The number of hydrogen-bond acceptors (Lipinski definition) is 9. The molecule has 0 unspecified atom stereocenters. The average Bonchev–Trinajstić information content (AvgIpc) is 2.82. The molecule has 1 aromatic heterocycles. The zero-order valence-electron chi connectivity index (χ0n) is 21.2. The summed E-state index contributed by atoms with van der Waals surface area (Å²) in [6.07, 6.45) is -0.712. The van der Waals surface area contributed by atoms with Gasteiger partial charge in [0.1, 0.15) is 18.2 Å². The minimum atomic E-state index is -5.28. The molecule has 0 bridgehead atoms. The standard InChI is InChI=1S/C23H26ClFN3O7P.2Na/c1-28(12-17-7-4-8-20(25)22(17)24)18(10-19(29)14-35-36(31,32)33)13-34-23(30)27-21-9-15-5-2-3-6-16(15)11-26-21;;/h2-9,11,18-19,29H,10,12-14H2,1H3,(H,26,27,30)(H2,31,32,33);;/q;2*+1/p-2/t18-,19+;;/m0../s1. The van der Waals surface area contributed by atoms with Gasteiger partial charge in [-0.05, 0) is 36.6 Å². The Morgan fingerprint density at radius 3 is 2.55 bits per heavy atom. The quantitative estimate of drug-likeness (QED) is 0.174. The molecule has 0 aliphatic carbocycles. The Morgan fingerprint density at radius 2 is 1.87 bits per heavy atom. The van der Waals surface area contributed by atoms with E-state index in [9.17, 15) is 28.6 Å². The van der Waals surface area contributed by atoms with Crippen LogP contribution in [0.4, 0.5) is 15.0 Å². The van der Waals surface area contributed by atoms with Gasteiger partial charge in [0.25, 0.3) is 0 Å². The number of nitrogens with one attached hydrogen (secondary N) is 1. The maximum absolute atomic E-state index is 13.8. The number of pyridine rings is 1. The number of phosphoric ester groups is 1. The number of fused-ring (bicyclic) bond motifs is 1. The van der Waals surface area contributed by atoms with Gasteiger partial charge in [-0.25, -0.2) is 14.2 Å². The van der Waals surface area contributed by atoms with Gasteiger partial charge in [0, 0.05) is 24.2 Å². The molecule has 0 fully saturated rings. The summed E-state index contributed by atoms with van der Waals surface area (Å²) in [5.41, 5.74) is 0.448. The summed E-state index contributed by atoms with van der Waals surface area (Å²) in [5.74, 6) is -0.335. The number of ether oxygens (including phenoxy) is 1. The number of aromatic nitrogens is 1. The number of halogens is 2. The van der Waals surface area contributed by atoms with E-state index in [1.54, 1.807) is 30.3 Å². The van der Waals surface area contributed by atoms with Crippen LogP contribution in [-0.4, -0.2) is 53.5 Å². The number of phosphoric acid groups is 1. The summed E-state index contributed by atoms with van der Waals surface area (Å²) in [5, 5.41) is 14.4. The molecule has 2 atom stereocenters. The summed E-state index contributed by atoms with van der Waals surface area (Å²) in [6, 6.07) is 12.8. The van der Waals surface area contributed by atoms with Gasteiger partial charge < -0.3 is 28.7 Å². The van der Waals surface area contributed by atoms with Gasteiger partial charge in [-0.3, -0.25) is 10.2 Å². The Bertz CT molecular complexity index is 1260. The van der Waals surface area contributed by atoms with E-state index in [1.165, 1.54) is 12.1 Å². The topological polar surface area (TPSA) is 147 Å². The van der Waals surface area contributed by atoms with E-state index < -0.39 is 38.5 Å². The Labute approximate surface area is 268 Å².